The molecular weight excluding hydrogens is 242 g/mol. The van der Waals surface area contributed by atoms with Crippen molar-refractivity contribution < 1.29 is 9.47 Å². The molecule has 0 aliphatic rings. The summed E-state index contributed by atoms with van der Waals surface area (Å²) in [5, 5.41) is 8.00. The van der Waals surface area contributed by atoms with Crippen molar-refractivity contribution in [2.24, 2.45) is 5.73 Å². The average Bonchev–Trinajstić information content (AvgIpc) is 2.46. The van der Waals surface area contributed by atoms with Crippen LogP contribution in [0.1, 0.15) is 22.9 Å². The number of benzene rings is 1. The van der Waals surface area contributed by atoms with Gasteiger partial charge in [0, 0.05) is 11.6 Å². The second kappa shape index (κ2) is 5.67. The number of rotatable bonds is 4. The summed E-state index contributed by atoms with van der Waals surface area (Å²) in [7, 11) is 3.17. The van der Waals surface area contributed by atoms with Gasteiger partial charge in [-0.3, -0.25) is 0 Å². The van der Waals surface area contributed by atoms with E-state index in [9.17, 15) is 0 Å². The van der Waals surface area contributed by atoms with E-state index >= 15 is 0 Å². The Morgan fingerprint density at radius 1 is 1.05 bits per heavy atom. The minimum Gasteiger partial charge on any atom is -0.496 e. The van der Waals surface area contributed by atoms with Crippen LogP contribution in [0.2, 0.25) is 0 Å². The Labute approximate surface area is 112 Å². The summed E-state index contributed by atoms with van der Waals surface area (Å²) in [6, 6.07) is 9.04. The summed E-state index contributed by atoms with van der Waals surface area (Å²) in [6.45, 7) is 2.01. The fraction of sp³-hybridized carbons (Fsp3) is 0.286. The number of ether oxygens (including phenoxy) is 2. The van der Waals surface area contributed by atoms with Crippen LogP contribution in [-0.4, -0.2) is 24.4 Å². The van der Waals surface area contributed by atoms with Crippen LogP contribution >= 0.6 is 0 Å². The molecule has 5 heteroatoms. The van der Waals surface area contributed by atoms with Crippen LogP contribution in [0, 0.1) is 6.92 Å². The molecule has 2 rings (SSSR count). The molecule has 0 saturated heterocycles. The zero-order valence-electron chi connectivity index (χ0n) is 11.3. The Bertz CT molecular complexity index is 555. The predicted octanol–water partition coefficient (Wildman–Crippen LogP) is 1.85. The highest BCUT2D eigenvalue weighted by Crippen LogP contribution is 2.28. The van der Waals surface area contributed by atoms with E-state index in [2.05, 4.69) is 10.2 Å². The highest BCUT2D eigenvalue weighted by atomic mass is 16.5. The van der Waals surface area contributed by atoms with Crippen LogP contribution in [0.5, 0.6) is 11.6 Å². The molecule has 1 aromatic heterocycles. The summed E-state index contributed by atoms with van der Waals surface area (Å²) in [4.78, 5) is 0. The highest BCUT2D eigenvalue weighted by Gasteiger charge is 2.16. The Morgan fingerprint density at radius 2 is 1.84 bits per heavy atom. The molecular formula is C14H17N3O2. The van der Waals surface area contributed by atoms with Gasteiger partial charge in [0.2, 0.25) is 5.88 Å². The standard InChI is InChI=1S/C14H17N3O2/c1-9-4-6-12(18-2)10(8-9)14(15)11-5-7-13(19-3)17-16-11/h4-8,14H,15H2,1-3H3. The third kappa shape index (κ3) is 2.82. The molecule has 100 valence electrons. The third-order valence-electron chi connectivity index (χ3n) is 2.91. The van der Waals surface area contributed by atoms with Crippen LogP contribution < -0.4 is 15.2 Å². The Morgan fingerprint density at radius 3 is 2.42 bits per heavy atom. The molecule has 1 unspecified atom stereocenters. The van der Waals surface area contributed by atoms with Gasteiger partial charge in [0.1, 0.15) is 5.75 Å². The summed E-state index contributed by atoms with van der Waals surface area (Å²) < 4.78 is 10.3. The monoisotopic (exact) mass is 259 g/mol. The number of hydrogen-bond acceptors (Lipinski definition) is 5. The van der Waals surface area contributed by atoms with Crippen molar-refractivity contribution in [3.05, 3.63) is 47.2 Å². The quantitative estimate of drug-likeness (QED) is 0.907. The molecule has 1 atom stereocenters. The summed E-state index contributed by atoms with van der Waals surface area (Å²) in [6.07, 6.45) is 0. The van der Waals surface area contributed by atoms with E-state index < -0.39 is 0 Å². The maximum absolute atomic E-state index is 6.23. The molecule has 2 N–H and O–H groups in total. The van der Waals surface area contributed by atoms with Gasteiger partial charge in [0.15, 0.2) is 0 Å². The molecule has 0 radical (unpaired) electrons. The predicted molar refractivity (Wildman–Crippen MR) is 72.3 cm³/mol. The number of methoxy groups -OCH3 is 2. The normalized spacial score (nSPS) is 12.0. The molecule has 2 aromatic rings. The van der Waals surface area contributed by atoms with Gasteiger partial charge in [-0.15, -0.1) is 10.2 Å². The van der Waals surface area contributed by atoms with E-state index in [1.165, 1.54) is 0 Å². The fourth-order valence-electron chi connectivity index (χ4n) is 1.86. The van der Waals surface area contributed by atoms with E-state index in [1.807, 2.05) is 25.1 Å². The average molecular weight is 259 g/mol. The Kier molecular flexibility index (Phi) is 3.97. The number of hydrogen-bond donors (Lipinski definition) is 1. The number of aromatic nitrogens is 2. The first-order chi connectivity index (χ1) is 9.15. The minimum atomic E-state index is -0.381. The highest BCUT2D eigenvalue weighted by molar-refractivity contribution is 5.42. The second-order valence-electron chi connectivity index (χ2n) is 4.22. The van der Waals surface area contributed by atoms with Crippen LogP contribution in [0.15, 0.2) is 30.3 Å². The molecule has 0 fully saturated rings. The van der Waals surface area contributed by atoms with Crippen molar-refractivity contribution in [3.8, 4) is 11.6 Å². The van der Waals surface area contributed by atoms with Crippen molar-refractivity contribution in [3.63, 3.8) is 0 Å². The van der Waals surface area contributed by atoms with Gasteiger partial charge in [-0.25, -0.2) is 0 Å². The Hall–Kier alpha value is -2.14. The number of nitrogens with zero attached hydrogens (tertiary/aromatic N) is 2. The third-order valence-corrected chi connectivity index (χ3v) is 2.91. The molecule has 5 nitrogen and oxygen atoms in total. The van der Waals surface area contributed by atoms with Gasteiger partial charge in [-0.1, -0.05) is 17.7 Å². The zero-order valence-corrected chi connectivity index (χ0v) is 11.3. The van der Waals surface area contributed by atoms with E-state index in [0.29, 0.717) is 11.6 Å². The molecule has 0 saturated carbocycles. The molecule has 0 aliphatic heterocycles. The topological polar surface area (TPSA) is 70.3 Å². The van der Waals surface area contributed by atoms with Gasteiger partial charge >= 0.3 is 0 Å². The van der Waals surface area contributed by atoms with Gasteiger partial charge in [-0.2, -0.15) is 0 Å². The van der Waals surface area contributed by atoms with Crippen LogP contribution in [0.25, 0.3) is 0 Å². The largest absolute Gasteiger partial charge is 0.496 e. The lowest BCUT2D eigenvalue weighted by atomic mass is 10.0. The first kappa shape index (κ1) is 13.3. The zero-order chi connectivity index (χ0) is 13.8. The van der Waals surface area contributed by atoms with Gasteiger partial charge in [-0.05, 0) is 19.1 Å². The number of aryl methyl sites for hydroxylation is 1. The Balaban J connectivity index is 2.36. The summed E-state index contributed by atoms with van der Waals surface area (Å²) in [5.74, 6) is 1.21. The molecule has 0 bridgehead atoms. The van der Waals surface area contributed by atoms with Crippen LogP contribution in [0.4, 0.5) is 0 Å². The van der Waals surface area contributed by atoms with Gasteiger partial charge in [0.05, 0.1) is 26.0 Å². The maximum atomic E-state index is 6.23. The molecule has 0 spiro atoms. The van der Waals surface area contributed by atoms with Crippen molar-refractivity contribution in [1.29, 1.82) is 0 Å². The number of nitrogens with two attached hydrogens (primary N) is 1. The van der Waals surface area contributed by atoms with Crippen LogP contribution in [0.3, 0.4) is 0 Å². The van der Waals surface area contributed by atoms with Crippen molar-refractivity contribution in [1.82, 2.24) is 10.2 Å². The minimum absolute atomic E-state index is 0.381. The van der Waals surface area contributed by atoms with Crippen LogP contribution in [-0.2, 0) is 0 Å². The fourth-order valence-corrected chi connectivity index (χ4v) is 1.86. The van der Waals surface area contributed by atoms with Gasteiger partial charge in [0.25, 0.3) is 0 Å². The van der Waals surface area contributed by atoms with E-state index in [4.69, 9.17) is 15.2 Å². The van der Waals surface area contributed by atoms with Gasteiger partial charge < -0.3 is 15.2 Å². The van der Waals surface area contributed by atoms with E-state index in [1.54, 1.807) is 26.4 Å². The van der Waals surface area contributed by atoms with Crippen molar-refractivity contribution in [2.45, 2.75) is 13.0 Å². The second-order valence-corrected chi connectivity index (χ2v) is 4.22. The van der Waals surface area contributed by atoms with Crippen molar-refractivity contribution in [2.75, 3.05) is 14.2 Å². The smallest absolute Gasteiger partial charge is 0.233 e. The maximum Gasteiger partial charge on any atom is 0.233 e. The molecule has 0 aliphatic carbocycles. The lowest BCUT2D eigenvalue weighted by molar-refractivity contribution is 0.390. The first-order valence-electron chi connectivity index (χ1n) is 5.93. The molecule has 1 heterocycles. The van der Waals surface area contributed by atoms with Crippen molar-refractivity contribution >= 4 is 0 Å². The lowest BCUT2D eigenvalue weighted by Gasteiger charge is -2.15. The molecule has 1 aromatic carbocycles. The molecule has 19 heavy (non-hydrogen) atoms. The van der Waals surface area contributed by atoms with E-state index in [0.717, 1.165) is 16.9 Å². The first-order valence-corrected chi connectivity index (χ1v) is 5.93. The molecule has 0 amide bonds. The summed E-state index contributed by atoms with van der Waals surface area (Å²) in [5.41, 5.74) is 8.91. The lowest BCUT2D eigenvalue weighted by Crippen LogP contribution is -2.15. The summed E-state index contributed by atoms with van der Waals surface area (Å²) >= 11 is 0. The SMILES string of the molecule is COc1ccc(C(N)c2cc(C)ccc2OC)nn1. The van der Waals surface area contributed by atoms with E-state index in [-0.39, 0.29) is 6.04 Å².